The lowest BCUT2D eigenvalue weighted by Crippen LogP contribution is -2.52. The Balaban J connectivity index is 1.87. The molecule has 0 spiro atoms. The molecule has 0 aliphatic carbocycles. The molecule has 0 radical (unpaired) electrons. The first kappa shape index (κ1) is 24.1. The van der Waals surface area contributed by atoms with Gasteiger partial charge in [-0.1, -0.05) is 26.0 Å². The molecule has 30 heavy (non-hydrogen) atoms. The minimum absolute atomic E-state index is 0.00327. The number of hydrogen-bond donors (Lipinski definition) is 4. The number of guanidine groups is 1. The maximum absolute atomic E-state index is 11.8. The predicted octanol–water partition coefficient (Wildman–Crippen LogP) is 1.42. The summed E-state index contributed by atoms with van der Waals surface area (Å²) in [7, 11) is 0. The Morgan fingerprint density at radius 1 is 1.23 bits per heavy atom. The van der Waals surface area contributed by atoms with Crippen molar-refractivity contribution in [3.8, 4) is 0 Å². The monoisotopic (exact) mass is 419 g/mol. The minimum atomic E-state index is -0.871. The molecule has 1 unspecified atom stereocenters. The average molecular weight is 420 g/mol. The molecule has 1 aromatic carbocycles. The van der Waals surface area contributed by atoms with Gasteiger partial charge in [-0.2, -0.15) is 0 Å². The van der Waals surface area contributed by atoms with Crippen LogP contribution in [0.25, 0.3) is 0 Å². The molecule has 0 saturated carbocycles. The van der Waals surface area contributed by atoms with Crippen LogP contribution < -0.4 is 16.0 Å². The van der Waals surface area contributed by atoms with Crippen LogP contribution in [0.4, 0.5) is 5.69 Å². The number of ether oxygens (including phenoxy) is 1. The summed E-state index contributed by atoms with van der Waals surface area (Å²) in [4.78, 5) is 18.6. The Hall–Kier alpha value is -2.16. The third-order valence-corrected chi connectivity index (χ3v) is 4.81. The van der Waals surface area contributed by atoms with Crippen LogP contribution in [0.3, 0.4) is 0 Å². The van der Waals surface area contributed by atoms with E-state index in [2.05, 4.69) is 25.8 Å². The van der Waals surface area contributed by atoms with Crippen molar-refractivity contribution in [2.45, 2.75) is 39.8 Å². The molecule has 8 heteroatoms. The standard InChI is InChI=1S/C22H37N5O3/c1-5-23-21(25-15-22(4,29)16-27-10-12-30-13-11-27)24-14-18-6-8-19(9-7-18)26-20(28)17(2)3/h6-9,17,29H,5,10-16H2,1-4H3,(H,26,28)(H2,23,24,25). The number of morpholine rings is 1. The second kappa shape index (κ2) is 11.9. The molecular formula is C22H37N5O3. The van der Waals surface area contributed by atoms with Crippen LogP contribution in [0.1, 0.15) is 33.3 Å². The number of rotatable bonds is 9. The van der Waals surface area contributed by atoms with Gasteiger partial charge in [-0.25, -0.2) is 4.99 Å². The Bertz CT molecular complexity index is 683. The summed E-state index contributed by atoms with van der Waals surface area (Å²) in [5.74, 6) is 0.615. The number of benzene rings is 1. The summed E-state index contributed by atoms with van der Waals surface area (Å²) < 4.78 is 5.37. The van der Waals surface area contributed by atoms with Gasteiger partial charge in [0, 0.05) is 44.3 Å². The van der Waals surface area contributed by atoms with Gasteiger partial charge < -0.3 is 25.8 Å². The minimum Gasteiger partial charge on any atom is -0.387 e. The van der Waals surface area contributed by atoms with E-state index in [1.54, 1.807) is 0 Å². The lowest BCUT2D eigenvalue weighted by Gasteiger charge is -2.34. The van der Waals surface area contributed by atoms with Gasteiger partial charge in [-0.05, 0) is 31.5 Å². The van der Waals surface area contributed by atoms with Gasteiger partial charge in [-0.15, -0.1) is 0 Å². The molecule has 1 atom stereocenters. The van der Waals surface area contributed by atoms with E-state index in [1.807, 2.05) is 52.0 Å². The molecule has 1 amide bonds. The highest BCUT2D eigenvalue weighted by molar-refractivity contribution is 5.92. The van der Waals surface area contributed by atoms with Crippen molar-refractivity contribution >= 4 is 17.6 Å². The fraction of sp³-hybridized carbons (Fsp3) is 0.636. The van der Waals surface area contributed by atoms with E-state index >= 15 is 0 Å². The molecule has 168 valence electrons. The van der Waals surface area contributed by atoms with Crippen molar-refractivity contribution in [3.05, 3.63) is 29.8 Å². The highest BCUT2D eigenvalue weighted by Crippen LogP contribution is 2.12. The first-order valence-electron chi connectivity index (χ1n) is 10.7. The maximum Gasteiger partial charge on any atom is 0.226 e. The van der Waals surface area contributed by atoms with E-state index in [0.29, 0.717) is 38.8 Å². The zero-order valence-electron chi connectivity index (χ0n) is 18.7. The zero-order chi connectivity index (χ0) is 22.0. The average Bonchev–Trinajstić information content (AvgIpc) is 2.71. The van der Waals surface area contributed by atoms with Crippen LogP contribution in [0, 0.1) is 5.92 Å². The van der Waals surface area contributed by atoms with Crippen LogP contribution in [-0.4, -0.2) is 73.4 Å². The van der Waals surface area contributed by atoms with Gasteiger partial charge in [0.05, 0.1) is 25.4 Å². The Morgan fingerprint density at radius 2 is 1.90 bits per heavy atom. The molecular weight excluding hydrogens is 382 g/mol. The van der Waals surface area contributed by atoms with Crippen molar-refractivity contribution in [2.75, 3.05) is 51.3 Å². The van der Waals surface area contributed by atoms with Gasteiger partial charge in [0.1, 0.15) is 0 Å². The first-order valence-corrected chi connectivity index (χ1v) is 10.7. The second-order valence-corrected chi connectivity index (χ2v) is 8.28. The van der Waals surface area contributed by atoms with Crippen LogP contribution in [-0.2, 0) is 16.1 Å². The quantitative estimate of drug-likeness (QED) is 0.357. The van der Waals surface area contributed by atoms with E-state index in [4.69, 9.17) is 4.74 Å². The fourth-order valence-electron chi connectivity index (χ4n) is 3.06. The lowest BCUT2D eigenvalue weighted by molar-refractivity contribution is -0.118. The van der Waals surface area contributed by atoms with Crippen molar-refractivity contribution in [1.82, 2.24) is 15.5 Å². The fourth-order valence-corrected chi connectivity index (χ4v) is 3.06. The number of nitrogens with zero attached hydrogens (tertiary/aromatic N) is 2. The highest BCUT2D eigenvalue weighted by atomic mass is 16.5. The Morgan fingerprint density at radius 3 is 2.50 bits per heavy atom. The van der Waals surface area contributed by atoms with Gasteiger partial charge in [-0.3, -0.25) is 9.69 Å². The molecule has 8 nitrogen and oxygen atoms in total. The summed E-state index contributed by atoms with van der Waals surface area (Å²) >= 11 is 0. The van der Waals surface area contributed by atoms with Gasteiger partial charge >= 0.3 is 0 Å². The Labute approximate surface area is 180 Å². The molecule has 2 rings (SSSR count). The number of nitrogens with one attached hydrogen (secondary N) is 3. The number of aliphatic hydroxyl groups is 1. The molecule has 1 aliphatic rings. The molecule has 4 N–H and O–H groups in total. The summed E-state index contributed by atoms with van der Waals surface area (Å²) in [5.41, 5.74) is 0.949. The summed E-state index contributed by atoms with van der Waals surface area (Å²) in [5, 5.41) is 20.1. The van der Waals surface area contributed by atoms with Crippen molar-refractivity contribution in [3.63, 3.8) is 0 Å². The molecule has 0 bridgehead atoms. The number of carbonyl (C=O) groups is 1. The third-order valence-electron chi connectivity index (χ3n) is 4.81. The predicted molar refractivity (Wildman–Crippen MR) is 121 cm³/mol. The molecule has 1 saturated heterocycles. The highest BCUT2D eigenvalue weighted by Gasteiger charge is 2.25. The third kappa shape index (κ3) is 8.69. The van der Waals surface area contributed by atoms with Crippen molar-refractivity contribution < 1.29 is 14.6 Å². The van der Waals surface area contributed by atoms with E-state index in [-0.39, 0.29) is 11.8 Å². The number of aliphatic imine (C=N–C) groups is 1. The number of β-amino-alcohol motifs (C(OH)–C–C–N with tert-alkyl or cyclic N) is 1. The van der Waals surface area contributed by atoms with E-state index < -0.39 is 5.60 Å². The number of hydrogen-bond acceptors (Lipinski definition) is 5. The van der Waals surface area contributed by atoms with Crippen molar-refractivity contribution in [2.24, 2.45) is 10.9 Å². The van der Waals surface area contributed by atoms with Gasteiger partial charge in [0.15, 0.2) is 5.96 Å². The molecule has 1 heterocycles. The maximum atomic E-state index is 11.8. The van der Waals surface area contributed by atoms with Crippen LogP contribution in [0.2, 0.25) is 0 Å². The lowest BCUT2D eigenvalue weighted by atomic mass is 10.1. The first-order chi connectivity index (χ1) is 14.3. The van der Waals surface area contributed by atoms with Gasteiger partial charge in [0.2, 0.25) is 5.91 Å². The van der Waals surface area contributed by atoms with Crippen molar-refractivity contribution in [1.29, 1.82) is 0 Å². The van der Waals surface area contributed by atoms with Crippen LogP contribution in [0.5, 0.6) is 0 Å². The topological polar surface area (TPSA) is 98.2 Å². The molecule has 0 aromatic heterocycles. The molecule has 1 fully saturated rings. The summed E-state index contributed by atoms with van der Waals surface area (Å²) in [6.07, 6.45) is 0. The van der Waals surface area contributed by atoms with E-state index in [1.165, 1.54) is 0 Å². The SMILES string of the molecule is CCNC(=NCc1ccc(NC(=O)C(C)C)cc1)NCC(C)(O)CN1CCOCC1. The van der Waals surface area contributed by atoms with E-state index in [9.17, 15) is 9.90 Å². The van der Waals surface area contributed by atoms with Crippen LogP contribution >= 0.6 is 0 Å². The summed E-state index contributed by atoms with van der Waals surface area (Å²) in [6.45, 7) is 12.9. The zero-order valence-corrected chi connectivity index (χ0v) is 18.7. The number of amides is 1. The summed E-state index contributed by atoms with van der Waals surface area (Å²) in [6, 6.07) is 7.69. The molecule has 1 aromatic rings. The second-order valence-electron chi connectivity index (χ2n) is 8.28. The molecule has 1 aliphatic heterocycles. The normalized spacial score (nSPS) is 17.5. The number of carbonyl (C=O) groups excluding carboxylic acids is 1. The number of anilines is 1. The largest absolute Gasteiger partial charge is 0.387 e. The van der Waals surface area contributed by atoms with E-state index in [0.717, 1.165) is 30.9 Å². The smallest absolute Gasteiger partial charge is 0.226 e. The van der Waals surface area contributed by atoms with Gasteiger partial charge in [0.25, 0.3) is 0 Å². The van der Waals surface area contributed by atoms with Crippen LogP contribution in [0.15, 0.2) is 29.3 Å². The Kier molecular flexibility index (Phi) is 9.55.